The second kappa shape index (κ2) is 11.2. The molecule has 1 fully saturated rings. The first-order valence-corrected chi connectivity index (χ1v) is 14.3. The standard InChI is InChI=1S/C33H25F3N2O4S/c1-20(21-5-3-2-4-6-21)42-31(40)38-28-27-17-26(33(34,35)36)18-37-30(27)43-29(28)24-9-7-22(8-10-24)23-11-13-25(14-12-23)32(15-16-32)41-19-39/h2-14,17-20H,15-16H2,1H3,(H,38,40)/t20-/m1/s1. The number of hydrogen-bond acceptors (Lipinski definition) is 6. The van der Waals surface area contributed by atoms with Crippen LogP contribution in [0.15, 0.2) is 91.1 Å². The van der Waals surface area contributed by atoms with E-state index in [-0.39, 0.29) is 11.1 Å². The van der Waals surface area contributed by atoms with E-state index < -0.39 is 29.5 Å². The van der Waals surface area contributed by atoms with Crippen LogP contribution in [0.25, 0.3) is 31.8 Å². The fraction of sp³-hybridized carbons (Fsp3) is 0.182. The molecule has 1 saturated carbocycles. The number of benzene rings is 3. The van der Waals surface area contributed by atoms with E-state index in [0.29, 0.717) is 21.7 Å². The summed E-state index contributed by atoms with van der Waals surface area (Å²) >= 11 is 1.18. The Hall–Kier alpha value is -4.70. The Balaban J connectivity index is 1.31. The Kier molecular flexibility index (Phi) is 7.39. The first-order chi connectivity index (χ1) is 20.7. The first-order valence-electron chi connectivity index (χ1n) is 13.5. The van der Waals surface area contributed by atoms with Gasteiger partial charge in [0, 0.05) is 11.6 Å². The van der Waals surface area contributed by atoms with Gasteiger partial charge in [-0.05, 0) is 53.6 Å². The molecule has 1 aliphatic carbocycles. The number of thiophene rings is 1. The monoisotopic (exact) mass is 602 g/mol. The number of hydrogen-bond donors (Lipinski definition) is 1. The Labute approximate surface area is 249 Å². The van der Waals surface area contributed by atoms with Crippen LogP contribution in [-0.2, 0) is 26.0 Å². The molecule has 0 unspecified atom stereocenters. The number of fused-ring (bicyclic) bond motifs is 1. The molecule has 43 heavy (non-hydrogen) atoms. The van der Waals surface area contributed by atoms with E-state index in [1.54, 1.807) is 6.92 Å². The van der Waals surface area contributed by atoms with Crippen molar-refractivity contribution in [1.82, 2.24) is 4.98 Å². The minimum absolute atomic E-state index is 0.172. The molecule has 0 radical (unpaired) electrons. The van der Waals surface area contributed by atoms with Gasteiger partial charge in [0.05, 0.1) is 16.1 Å². The summed E-state index contributed by atoms with van der Waals surface area (Å²) in [6.45, 7) is 2.20. The molecule has 2 aromatic heterocycles. The zero-order valence-corrected chi connectivity index (χ0v) is 23.7. The first kappa shape index (κ1) is 28.4. The molecule has 218 valence electrons. The van der Waals surface area contributed by atoms with Crippen LogP contribution in [0.3, 0.4) is 0 Å². The molecule has 1 N–H and O–H groups in total. The lowest BCUT2D eigenvalue weighted by Crippen LogP contribution is -2.16. The summed E-state index contributed by atoms with van der Waals surface area (Å²) in [5.74, 6) is 0. The summed E-state index contributed by atoms with van der Waals surface area (Å²) in [6.07, 6.45) is -3.59. The number of nitrogens with one attached hydrogen (secondary N) is 1. The lowest BCUT2D eigenvalue weighted by molar-refractivity contribution is -0.138. The van der Waals surface area contributed by atoms with Gasteiger partial charge in [0.2, 0.25) is 0 Å². The van der Waals surface area contributed by atoms with Gasteiger partial charge in [-0.25, -0.2) is 9.78 Å². The Bertz CT molecular complexity index is 1780. The van der Waals surface area contributed by atoms with Crippen LogP contribution in [0.5, 0.6) is 0 Å². The highest BCUT2D eigenvalue weighted by atomic mass is 32.1. The van der Waals surface area contributed by atoms with E-state index in [1.807, 2.05) is 78.9 Å². The van der Waals surface area contributed by atoms with Crippen LogP contribution in [0, 0.1) is 0 Å². The van der Waals surface area contributed by atoms with Gasteiger partial charge in [0.1, 0.15) is 16.5 Å². The SMILES string of the molecule is C[C@@H](OC(=O)Nc1c(-c2ccc(-c3ccc(C4(OC=O)CC4)cc3)cc2)sc2ncc(C(F)(F)F)cc12)c1ccccc1. The highest BCUT2D eigenvalue weighted by molar-refractivity contribution is 7.22. The molecule has 0 spiro atoms. The minimum atomic E-state index is -4.60. The molecule has 0 aliphatic heterocycles. The predicted octanol–water partition coefficient (Wildman–Crippen LogP) is 9.12. The number of alkyl halides is 3. The van der Waals surface area contributed by atoms with E-state index in [4.69, 9.17) is 9.47 Å². The van der Waals surface area contributed by atoms with Crippen molar-refractivity contribution >= 4 is 39.8 Å². The van der Waals surface area contributed by atoms with Gasteiger partial charge in [-0.2, -0.15) is 13.2 Å². The highest BCUT2D eigenvalue weighted by Gasteiger charge is 2.46. The number of pyridine rings is 1. The number of halogens is 3. The van der Waals surface area contributed by atoms with E-state index in [9.17, 15) is 22.8 Å². The summed E-state index contributed by atoms with van der Waals surface area (Å²) in [5, 5.41) is 2.87. The molecule has 5 aromatic rings. The van der Waals surface area contributed by atoms with Gasteiger partial charge >= 0.3 is 12.3 Å². The third-order valence-corrected chi connectivity index (χ3v) is 8.69. The number of nitrogens with zero attached hydrogens (tertiary/aromatic N) is 1. The maximum atomic E-state index is 13.6. The summed E-state index contributed by atoms with van der Waals surface area (Å²) in [5.41, 5.74) is 3.05. The number of rotatable bonds is 8. The fourth-order valence-electron chi connectivity index (χ4n) is 5.01. The maximum absolute atomic E-state index is 13.6. The van der Waals surface area contributed by atoms with Gasteiger partial charge in [0.25, 0.3) is 6.47 Å². The molecule has 10 heteroatoms. The Morgan fingerprint density at radius 2 is 1.60 bits per heavy atom. The number of aromatic nitrogens is 1. The van der Waals surface area contributed by atoms with Crippen molar-refractivity contribution in [2.45, 2.75) is 37.6 Å². The third-order valence-electron chi connectivity index (χ3n) is 7.52. The lowest BCUT2D eigenvalue weighted by atomic mass is 9.99. The topological polar surface area (TPSA) is 77.5 Å². The van der Waals surface area contributed by atoms with E-state index in [1.165, 1.54) is 11.3 Å². The highest BCUT2D eigenvalue weighted by Crippen LogP contribution is 2.49. The van der Waals surface area contributed by atoms with Crippen molar-refractivity contribution in [3.05, 3.63) is 108 Å². The normalized spacial score (nSPS) is 14.6. The van der Waals surface area contributed by atoms with Crippen molar-refractivity contribution in [3.63, 3.8) is 0 Å². The van der Waals surface area contributed by atoms with Gasteiger partial charge in [-0.3, -0.25) is 10.1 Å². The quantitative estimate of drug-likeness (QED) is 0.179. The molecule has 1 atom stereocenters. The van der Waals surface area contributed by atoms with Gasteiger partial charge < -0.3 is 9.47 Å². The van der Waals surface area contributed by atoms with Gasteiger partial charge in [-0.1, -0.05) is 78.9 Å². The smallest absolute Gasteiger partial charge is 0.417 e. The van der Waals surface area contributed by atoms with Crippen LogP contribution in [0.4, 0.5) is 23.7 Å². The largest absolute Gasteiger partial charge is 0.456 e. The van der Waals surface area contributed by atoms with Gasteiger partial charge in [-0.15, -0.1) is 11.3 Å². The summed E-state index contributed by atoms with van der Waals surface area (Å²) in [6, 6.07) is 25.4. The number of amides is 1. The summed E-state index contributed by atoms with van der Waals surface area (Å²) in [4.78, 5) is 28.8. The van der Waals surface area contributed by atoms with Crippen LogP contribution < -0.4 is 5.32 Å². The molecular formula is C33H25F3N2O4S. The van der Waals surface area contributed by atoms with Crippen LogP contribution >= 0.6 is 11.3 Å². The molecule has 1 amide bonds. The lowest BCUT2D eigenvalue weighted by Gasteiger charge is -2.15. The predicted molar refractivity (Wildman–Crippen MR) is 159 cm³/mol. The van der Waals surface area contributed by atoms with Crippen molar-refractivity contribution in [2.75, 3.05) is 5.32 Å². The second-order valence-corrected chi connectivity index (χ2v) is 11.3. The van der Waals surface area contributed by atoms with E-state index in [0.717, 1.165) is 47.4 Å². The molecule has 1 aliphatic rings. The number of carbonyl (C=O) groups is 2. The Morgan fingerprint density at radius 3 is 2.21 bits per heavy atom. The molecule has 0 saturated heterocycles. The molecule has 6 rings (SSSR count). The molecule has 2 heterocycles. The third kappa shape index (κ3) is 5.83. The van der Waals surface area contributed by atoms with Gasteiger partial charge in [0.15, 0.2) is 0 Å². The minimum Gasteiger partial charge on any atom is -0.456 e. The number of anilines is 1. The Morgan fingerprint density at radius 1 is 0.977 bits per heavy atom. The maximum Gasteiger partial charge on any atom is 0.417 e. The number of carbonyl (C=O) groups excluding carboxylic acids is 2. The van der Waals surface area contributed by atoms with Crippen LogP contribution in [-0.4, -0.2) is 17.5 Å². The fourth-order valence-corrected chi connectivity index (χ4v) is 6.10. The second-order valence-electron chi connectivity index (χ2n) is 10.3. The average molecular weight is 603 g/mol. The molecule has 6 nitrogen and oxygen atoms in total. The summed E-state index contributed by atoms with van der Waals surface area (Å²) in [7, 11) is 0. The number of ether oxygens (including phenoxy) is 2. The molecule has 3 aromatic carbocycles. The van der Waals surface area contributed by atoms with Crippen LogP contribution in [0.1, 0.15) is 42.6 Å². The van der Waals surface area contributed by atoms with Crippen LogP contribution in [0.2, 0.25) is 0 Å². The van der Waals surface area contributed by atoms with Crippen molar-refractivity contribution in [3.8, 4) is 21.6 Å². The zero-order valence-electron chi connectivity index (χ0n) is 22.9. The zero-order chi connectivity index (χ0) is 30.2. The molecular weight excluding hydrogens is 577 g/mol. The van der Waals surface area contributed by atoms with Crippen molar-refractivity contribution < 1.29 is 32.2 Å². The average Bonchev–Trinajstić information content (AvgIpc) is 3.71. The van der Waals surface area contributed by atoms with Crippen molar-refractivity contribution in [1.29, 1.82) is 0 Å². The van der Waals surface area contributed by atoms with E-state index >= 15 is 0 Å². The summed E-state index contributed by atoms with van der Waals surface area (Å²) < 4.78 is 51.5. The van der Waals surface area contributed by atoms with E-state index in [2.05, 4.69) is 10.3 Å². The van der Waals surface area contributed by atoms with Crippen molar-refractivity contribution in [2.24, 2.45) is 0 Å². The molecule has 0 bridgehead atoms.